The van der Waals surface area contributed by atoms with Crippen LogP contribution in [0.1, 0.15) is 33.7 Å². The largest absolute Gasteiger partial charge is 0.320 e. The Morgan fingerprint density at radius 3 is 2.48 bits per heavy atom. The van der Waals surface area contributed by atoms with Gasteiger partial charge in [-0.2, -0.15) is 4.31 Å². The van der Waals surface area contributed by atoms with Crippen LogP contribution in [-0.2, 0) is 10.0 Å². The number of amides is 1. The summed E-state index contributed by atoms with van der Waals surface area (Å²) in [5.74, 6) is -3.08. The minimum Gasteiger partial charge on any atom is -0.320 e. The second kappa shape index (κ2) is 8.36. The summed E-state index contributed by atoms with van der Waals surface area (Å²) in [7, 11) is -4.25. The minimum absolute atomic E-state index is 0.00321. The second-order valence-corrected chi connectivity index (χ2v) is 9.62. The van der Waals surface area contributed by atoms with E-state index in [0.29, 0.717) is 24.6 Å². The van der Waals surface area contributed by atoms with Crippen molar-refractivity contribution in [2.75, 3.05) is 11.9 Å². The number of hydrogen-bond acceptors (Lipinski definition) is 6. The Morgan fingerprint density at radius 1 is 1.06 bits per heavy atom. The third-order valence-corrected chi connectivity index (χ3v) is 7.67. The molecule has 0 unspecified atom stereocenters. The molecule has 0 bridgehead atoms. The first-order valence-corrected chi connectivity index (χ1v) is 11.4. The molecule has 1 aliphatic heterocycles. The number of carbonyl (C=O) groups is 1. The number of sulfonamides is 1. The highest BCUT2D eigenvalue weighted by molar-refractivity contribution is 7.89. The van der Waals surface area contributed by atoms with Crippen molar-refractivity contribution in [1.29, 1.82) is 0 Å². The van der Waals surface area contributed by atoms with E-state index in [1.54, 1.807) is 0 Å². The average Bonchev–Trinajstić information content (AvgIpc) is 3.39. The van der Waals surface area contributed by atoms with E-state index in [4.69, 9.17) is 0 Å². The summed E-state index contributed by atoms with van der Waals surface area (Å²) in [6.07, 6.45) is 0.916. The van der Waals surface area contributed by atoms with Crippen LogP contribution in [-0.4, -0.2) is 35.4 Å². The van der Waals surface area contributed by atoms with Gasteiger partial charge in [-0.15, -0.1) is 10.2 Å². The maximum atomic E-state index is 14.1. The lowest BCUT2D eigenvalue weighted by molar-refractivity contribution is 0.102. The number of aromatic nitrogens is 2. The quantitative estimate of drug-likeness (QED) is 0.616. The highest BCUT2D eigenvalue weighted by Gasteiger charge is 2.39. The van der Waals surface area contributed by atoms with Crippen LogP contribution >= 0.6 is 11.3 Å². The molecule has 0 radical (unpaired) electrons. The van der Waals surface area contributed by atoms with E-state index >= 15 is 0 Å². The molecule has 12 heteroatoms. The lowest BCUT2D eigenvalue weighted by atomic mass is 10.2. The third kappa shape index (κ3) is 4.31. The predicted octanol–water partition coefficient (Wildman–Crippen LogP) is 3.73. The van der Waals surface area contributed by atoms with Gasteiger partial charge in [0.2, 0.25) is 15.0 Å². The Morgan fingerprint density at radius 2 is 1.77 bits per heavy atom. The van der Waals surface area contributed by atoms with Crippen LogP contribution in [0, 0.1) is 17.5 Å². The van der Waals surface area contributed by atoms with Crippen LogP contribution in [0.2, 0.25) is 0 Å². The van der Waals surface area contributed by atoms with Crippen molar-refractivity contribution >= 4 is 33.0 Å². The van der Waals surface area contributed by atoms with Gasteiger partial charge < -0.3 is 5.32 Å². The topological polar surface area (TPSA) is 92.3 Å². The zero-order chi connectivity index (χ0) is 22.2. The minimum atomic E-state index is -4.25. The summed E-state index contributed by atoms with van der Waals surface area (Å²) in [4.78, 5) is 11.8. The van der Waals surface area contributed by atoms with Gasteiger partial charge in [-0.25, -0.2) is 21.6 Å². The highest BCUT2D eigenvalue weighted by Crippen LogP contribution is 2.38. The van der Waals surface area contributed by atoms with E-state index in [-0.39, 0.29) is 16.6 Å². The standard InChI is InChI=1S/C19H15F3N4O3S2/c20-11-3-6-13(7-4-11)23-17(27)19-25-24-18(30-19)15-2-1-9-26(15)31(28,29)16-8-5-12(21)10-14(16)22/h3-8,10,15H,1-2,9H2,(H,23,27)/t15-/m1/s1. The van der Waals surface area contributed by atoms with Gasteiger partial charge in [-0.05, 0) is 49.2 Å². The number of anilines is 1. The van der Waals surface area contributed by atoms with Crippen molar-refractivity contribution in [2.24, 2.45) is 0 Å². The molecule has 3 aromatic rings. The van der Waals surface area contributed by atoms with Crippen molar-refractivity contribution in [3.05, 3.63) is 69.9 Å². The van der Waals surface area contributed by atoms with Gasteiger partial charge >= 0.3 is 0 Å². The summed E-state index contributed by atoms with van der Waals surface area (Å²) in [5.41, 5.74) is 0.361. The molecule has 1 fully saturated rings. The monoisotopic (exact) mass is 468 g/mol. The van der Waals surface area contributed by atoms with E-state index in [1.807, 2.05) is 0 Å². The molecule has 31 heavy (non-hydrogen) atoms. The Bertz CT molecular complexity index is 1230. The maximum absolute atomic E-state index is 14.1. The van der Waals surface area contributed by atoms with Gasteiger partial charge in [0.05, 0.1) is 6.04 Å². The summed E-state index contributed by atoms with van der Waals surface area (Å²) >= 11 is 0.914. The molecule has 4 rings (SSSR count). The molecule has 7 nitrogen and oxygen atoms in total. The van der Waals surface area contributed by atoms with Gasteiger partial charge in [-0.1, -0.05) is 11.3 Å². The zero-order valence-corrected chi connectivity index (χ0v) is 17.4. The van der Waals surface area contributed by atoms with Crippen molar-refractivity contribution in [3.8, 4) is 0 Å². The lowest BCUT2D eigenvalue weighted by Crippen LogP contribution is -2.31. The van der Waals surface area contributed by atoms with E-state index in [2.05, 4.69) is 15.5 Å². The average molecular weight is 468 g/mol. The smallest absolute Gasteiger partial charge is 0.286 e. The molecular formula is C19H15F3N4O3S2. The van der Waals surface area contributed by atoms with E-state index in [1.165, 1.54) is 24.3 Å². The molecule has 0 aliphatic carbocycles. The first kappa shape index (κ1) is 21.4. The van der Waals surface area contributed by atoms with Crippen LogP contribution in [0.15, 0.2) is 47.4 Å². The zero-order valence-electron chi connectivity index (χ0n) is 15.8. The summed E-state index contributed by atoms with van der Waals surface area (Å²) < 4.78 is 67.3. The molecule has 162 valence electrons. The van der Waals surface area contributed by atoms with Gasteiger partial charge in [0.25, 0.3) is 5.91 Å². The highest BCUT2D eigenvalue weighted by atomic mass is 32.2. The molecule has 1 aromatic heterocycles. The van der Waals surface area contributed by atoms with Crippen LogP contribution in [0.4, 0.5) is 18.9 Å². The van der Waals surface area contributed by atoms with E-state index in [0.717, 1.165) is 27.8 Å². The summed E-state index contributed by atoms with van der Waals surface area (Å²) in [6.45, 7) is 0.126. The third-order valence-electron chi connectivity index (χ3n) is 4.71. The van der Waals surface area contributed by atoms with E-state index in [9.17, 15) is 26.4 Å². The molecule has 0 spiro atoms. The van der Waals surface area contributed by atoms with Crippen molar-refractivity contribution in [1.82, 2.24) is 14.5 Å². The fraction of sp³-hybridized carbons (Fsp3) is 0.211. The van der Waals surface area contributed by atoms with Crippen molar-refractivity contribution in [2.45, 2.75) is 23.8 Å². The van der Waals surface area contributed by atoms with Crippen molar-refractivity contribution < 1.29 is 26.4 Å². The molecule has 1 saturated heterocycles. The molecule has 0 saturated carbocycles. The number of rotatable bonds is 5. The number of benzene rings is 2. The van der Waals surface area contributed by atoms with Crippen LogP contribution in [0.5, 0.6) is 0 Å². The summed E-state index contributed by atoms with van der Waals surface area (Å²) in [6, 6.07) is 6.71. The number of hydrogen-bond donors (Lipinski definition) is 1. The first-order chi connectivity index (χ1) is 14.8. The van der Waals surface area contributed by atoms with Crippen LogP contribution in [0.25, 0.3) is 0 Å². The fourth-order valence-corrected chi connectivity index (χ4v) is 5.92. The second-order valence-electron chi connectivity index (χ2n) is 6.75. The van der Waals surface area contributed by atoms with Gasteiger partial charge in [0.1, 0.15) is 27.4 Å². The van der Waals surface area contributed by atoms with Gasteiger partial charge in [0, 0.05) is 18.3 Å². The fourth-order valence-electron chi connectivity index (χ4n) is 3.26. The normalized spacial score (nSPS) is 17.1. The molecule has 1 amide bonds. The first-order valence-electron chi connectivity index (χ1n) is 9.13. The van der Waals surface area contributed by atoms with Crippen molar-refractivity contribution in [3.63, 3.8) is 0 Å². The summed E-state index contributed by atoms with van der Waals surface area (Å²) in [5, 5.41) is 10.6. The molecular weight excluding hydrogens is 453 g/mol. The molecule has 1 aliphatic rings. The van der Waals surface area contributed by atoms with Crippen LogP contribution in [0.3, 0.4) is 0 Å². The SMILES string of the molecule is O=C(Nc1ccc(F)cc1)c1nnc([C@H]2CCCN2S(=O)(=O)c2ccc(F)cc2F)s1. The number of carbonyl (C=O) groups excluding carboxylic acids is 1. The molecule has 2 heterocycles. The Balaban J connectivity index is 1.56. The Labute approximate surface area is 179 Å². The van der Waals surface area contributed by atoms with E-state index < -0.39 is 44.3 Å². The molecule has 1 N–H and O–H groups in total. The molecule has 1 atom stereocenters. The maximum Gasteiger partial charge on any atom is 0.286 e. The Kier molecular flexibility index (Phi) is 5.77. The molecule has 2 aromatic carbocycles. The number of halogens is 3. The lowest BCUT2D eigenvalue weighted by Gasteiger charge is -2.22. The predicted molar refractivity (Wildman–Crippen MR) is 106 cm³/mol. The number of nitrogens with one attached hydrogen (secondary N) is 1. The Hall–Kier alpha value is -2.83. The van der Waals surface area contributed by atoms with Gasteiger partial charge in [0.15, 0.2) is 0 Å². The van der Waals surface area contributed by atoms with Gasteiger partial charge in [-0.3, -0.25) is 4.79 Å². The number of nitrogens with zero attached hydrogens (tertiary/aromatic N) is 3. The van der Waals surface area contributed by atoms with Crippen LogP contribution < -0.4 is 5.32 Å².